The van der Waals surface area contributed by atoms with Crippen LogP contribution in [0, 0.1) is 5.41 Å². The molecule has 1 heterocycles. The van der Waals surface area contributed by atoms with Crippen molar-refractivity contribution in [1.29, 1.82) is 0 Å². The average molecular weight is 179 g/mol. The van der Waals surface area contributed by atoms with Crippen molar-refractivity contribution in [3.05, 3.63) is 23.9 Å². The molecule has 0 aliphatic carbocycles. The zero-order valence-corrected chi connectivity index (χ0v) is 9.44. The number of nitrogens with one attached hydrogen (secondary N) is 1. The van der Waals surface area contributed by atoms with Crippen LogP contribution in [-0.2, 0) is 0 Å². The van der Waals surface area contributed by atoms with Crippen molar-refractivity contribution >= 4 is 0 Å². The molecule has 0 radical (unpaired) electrons. The molecule has 0 aromatic rings. The van der Waals surface area contributed by atoms with Crippen LogP contribution in [-0.4, -0.2) is 5.54 Å². The van der Waals surface area contributed by atoms with Crippen molar-refractivity contribution in [2.45, 2.75) is 46.6 Å². The third-order valence-corrected chi connectivity index (χ3v) is 2.44. The molecule has 0 fully saturated rings. The molecule has 0 atom stereocenters. The summed E-state index contributed by atoms with van der Waals surface area (Å²) < 4.78 is 0. The van der Waals surface area contributed by atoms with Crippen LogP contribution in [0.3, 0.4) is 0 Å². The molecule has 0 saturated heterocycles. The molecule has 1 heteroatoms. The predicted molar refractivity (Wildman–Crippen MR) is 58.5 cm³/mol. The molecule has 0 aromatic heterocycles. The van der Waals surface area contributed by atoms with E-state index < -0.39 is 0 Å². The monoisotopic (exact) mass is 179 g/mol. The molecule has 1 nitrogen and oxygen atoms in total. The summed E-state index contributed by atoms with van der Waals surface area (Å²) >= 11 is 0. The molecule has 1 N–H and O–H groups in total. The Morgan fingerprint density at radius 2 is 1.92 bits per heavy atom. The summed E-state index contributed by atoms with van der Waals surface area (Å²) in [7, 11) is 0. The second kappa shape index (κ2) is 3.21. The van der Waals surface area contributed by atoms with Crippen molar-refractivity contribution in [2.75, 3.05) is 0 Å². The largest absolute Gasteiger partial charge is 0.386 e. The third-order valence-electron chi connectivity index (χ3n) is 2.44. The zero-order valence-electron chi connectivity index (χ0n) is 9.44. The lowest BCUT2D eigenvalue weighted by Gasteiger charge is -2.23. The molecule has 1 aliphatic heterocycles. The van der Waals surface area contributed by atoms with Gasteiger partial charge < -0.3 is 5.32 Å². The summed E-state index contributed by atoms with van der Waals surface area (Å²) in [6.07, 6.45) is 7.70. The van der Waals surface area contributed by atoms with Gasteiger partial charge in [0.15, 0.2) is 0 Å². The Morgan fingerprint density at radius 1 is 1.31 bits per heavy atom. The molecule has 0 unspecified atom stereocenters. The Kier molecular flexibility index (Phi) is 2.56. The first-order chi connectivity index (χ1) is 5.81. The van der Waals surface area contributed by atoms with E-state index in [2.05, 4.69) is 58.3 Å². The van der Waals surface area contributed by atoms with Crippen LogP contribution in [0.5, 0.6) is 0 Å². The van der Waals surface area contributed by atoms with Gasteiger partial charge in [-0.25, -0.2) is 0 Å². The Labute approximate surface area is 81.9 Å². The highest BCUT2D eigenvalue weighted by Gasteiger charge is 2.20. The molecular formula is C12H21N. The predicted octanol–water partition coefficient (Wildman–Crippen LogP) is 3.24. The van der Waals surface area contributed by atoms with Gasteiger partial charge in [0.05, 0.1) is 0 Å². The van der Waals surface area contributed by atoms with Crippen LogP contribution < -0.4 is 5.32 Å². The van der Waals surface area contributed by atoms with Gasteiger partial charge in [-0.1, -0.05) is 26.8 Å². The second-order valence-electron chi connectivity index (χ2n) is 5.48. The van der Waals surface area contributed by atoms with Gasteiger partial charge in [0.25, 0.3) is 0 Å². The van der Waals surface area contributed by atoms with Crippen LogP contribution in [0.4, 0.5) is 0 Å². The summed E-state index contributed by atoms with van der Waals surface area (Å²) in [5, 5.41) is 3.39. The number of rotatable bonds is 0. The summed E-state index contributed by atoms with van der Waals surface area (Å²) in [5.41, 5.74) is 1.88. The first-order valence-corrected chi connectivity index (χ1v) is 4.96. The Bertz CT molecular complexity index is 238. The summed E-state index contributed by atoms with van der Waals surface area (Å²) in [6, 6.07) is 0. The van der Waals surface area contributed by atoms with E-state index in [-0.39, 0.29) is 11.0 Å². The number of hydrogen-bond donors (Lipinski definition) is 1. The molecule has 0 bridgehead atoms. The first kappa shape index (κ1) is 10.4. The van der Waals surface area contributed by atoms with E-state index in [9.17, 15) is 0 Å². The Balaban J connectivity index is 2.85. The fraction of sp³-hybridized carbons (Fsp3) is 0.667. The van der Waals surface area contributed by atoms with Gasteiger partial charge in [-0.15, -0.1) is 0 Å². The Morgan fingerprint density at radius 3 is 2.46 bits per heavy atom. The molecule has 0 aromatic carbocycles. The normalized spacial score (nSPS) is 21.8. The van der Waals surface area contributed by atoms with Crippen LogP contribution in [0.25, 0.3) is 0 Å². The molecule has 13 heavy (non-hydrogen) atoms. The maximum Gasteiger partial charge on any atom is 0.0346 e. The molecule has 0 amide bonds. The van der Waals surface area contributed by atoms with Crippen LogP contribution >= 0.6 is 0 Å². The minimum absolute atomic E-state index is 0.198. The highest BCUT2D eigenvalue weighted by atomic mass is 14.9. The molecule has 1 rings (SSSR count). The van der Waals surface area contributed by atoms with Crippen molar-refractivity contribution in [2.24, 2.45) is 5.41 Å². The maximum absolute atomic E-state index is 3.39. The second-order valence-corrected chi connectivity index (χ2v) is 5.48. The minimum Gasteiger partial charge on any atom is -0.386 e. The smallest absolute Gasteiger partial charge is 0.0346 e. The van der Waals surface area contributed by atoms with Gasteiger partial charge in [0.2, 0.25) is 0 Å². The number of allylic oxidation sites excluding steroid dienone is 2. The zero-order chi connectivity index (χ0) is 10.1. The quantitative estimate of drug-likeness (QED) is 0.602. The molecule has 74 valence electrons. The van der Waals surface area contributed by atoms with Gasteiger partial charge >= 0.3 is 0 Å². The van der Waals surface area contributed by atoms with E-state index in [4.69, 9.17) is 0 Å². The van der Waals surface area contributed by atoms with Crippen LogP contribution in [0.2, 0.25) is 0 Å². The minimum atomic E-state index is 0.198. The van der Waals surface area contributed by atoms with Crippen molar-refractivity contribution in [3.63, 3.8) is 0 Å². The summed E-state index contributed by atoms with van der Waals surface area (Å²) in [6.45, 7) is 11.2. The third kappa shape index (κ3) is 2.91. The van der Waals surface area contributed by atoms with Crippen LogP contribution in [0.1, 0.15) is 41.0 Å². The SMILES string of the molecule is CC1(C)CC=C(C(C)(C)C)C=CN1. The summed E-state index contributed by atoms with van der Waals surface area (Å²) in [5.74, 6) is 0. The lowest BCUT2D eigenvalue weighted by atomic mass is 9.85. The van der Waals surface area contributed by atoms with Gasteiger partial charge in [-0.3, -0.25) is 0 Å². The maximum atomic E-state index is 3.39. The molecule has 1 aliphatic rings. The highest BCUT2D eigenvalue weighted by Crippen LogP contribution is 2.29. The lowest BCUT2D eigenvalue weighted by molar-refractivity contribution is 0.449. The first-order valence-electron chi connectivity index (χ1n) is 4.96. The topological polar surface area (TPSA) is 12.0 Å². The average Bonchev–Trinajstić information content (AvgIpc) is 2.08. The fourth-order valence-corrected chi connectivity index (χ4v) is 1.41. The van der Waals surface area contributed by atoms with Gasteiger partial charge in [-0.05, 0) is 43.5 Å². The van der Waals surface area contributed by atoms with Crippen LogP contribution in [0.15, 0.2) is 23.9 Å². The fourth-order valence-electron chi connectivity index (χ4n) is 1.41. The van der Waals surface area contributed by atoms with Crippen molar-refractivity contribution in [3.8, 4) is 0 Å². The van der Waals surface area contributed by atoms with E-state index in [1.165, 1.54) is 5.57 Å². The summed E-state index contributed by atoms with van der Waals surface area (Å²) in [4.78, 5) is 0. The van der Waals surface area contributed by atoms with E-state index in [1.54, 1.807) is 0 Å². The highest BCUT2D eigenvalue weighted by molar-refractivity contribution is 5.27. The van der Waals surface area contributed by atoms with E-state index in [1.807, 2.05) is 0 Å². The molecular weight excluding hydrogens is 158 g/mol. The number of hydrogen-bond acceptors (Lipinski definition) is 1. The van der Waals surface area contributed by atoms with Gasteiger partial charge in [0, 0.05) is 5.54 Å². The molecule has 0 spiro atoms. The Hall–Kier alpha value is -0.720. The van der Waals surface area contributed by atoms with Crippen molar-refractivity contribution in [1.82, 2.24) is 5.32 Å². The lowest BCUT2D eigenvalue weighted by Crippen LogP contribution is -2.33. The van der Waals surface area contributed by atoms with Gasteiger partial charge in [-0.2, -0.15) is 0 Å². The molecule has 0 saturated carbocycles. The van der Waals surface area contributed by atoms with Gasteiger partial charge in [0.1, 0.15) is 0 Å². The standard InChI is InChI=1S/C12H21N/c1-11(2,3)10-6-8-12(4,5)13-9-7-10/h6-7,9,13H,8H2,1-5H3. The van der Waals surface area contributed by atoms with E-state index in [0.29, 0.717) is 0 Å². The van der Waals surface area contributed by atoms with E-state index in [0.717, 1.165) is 6.42 Å². The van der Waals surface area contributed by atoms with E-state index >= 15 is 0 Å². The van der Waals surface area contributed by atoms with Crippen molar-refractivity contribution < 1.29 is 0 Å².